The fourth-order valence-electron chi connectivity index (χ4n) is 2.45. The van der Waals surface area contributed by atoms with Crippen molar-refractivity contribution in [2.24, 2.45) is 0 Å². The van der Waals surface area contributed by atoms with E-state index in [4.69, 9.17) is 0 Å². The van der Waals surface area contributed by atoms with Crippen LogP contribution in [0.5, 0.6) is 0 Å². The van der Waals surface area contributed by atoms with Gasteiger partial charge in [-0.1, -0.05) is 6.58 Å². The summed E-state index contributed by atoms with van der Waals surface area (Å²) >= 11 is 0. The molecule has 96 valence electrons. The zero-order chi connectivity index (χ0) is 12.5. The van der Waals surface area contributed by atoms with Gasteiger partial charge in [0.05, 0.1) is 5.25 Å². The second kappa shape index (κ2) is 4.78. The second-order valence-electron chi connectivity index (χ2n) is 4.55. The third-order valence-electron chi connectivity index (χ3n) is 3.48. The molecule has 0 N–H and O–H groups in total. The van der Waals surface area contributed by atoms with E-state index < -0.39 is 15.3 Å². The molecule has 2 aliphatic heterocycles. The molecule has 0 spiro atoms. The van der Waals surface area contributed by atoms with Crippen molar-refractivity contribution >= 4 is 15.9 Å². The summed E-state index contributed by atoms with van der Waals surface area (Å²) in [6.45, 7) is 5.51. The van der Waals surface area contributed by atoms with E-state index in [0.717, 1.165) is 12.8 Å². The van der Waals surface area contributed by atoms with Gasteiger partial charge in [-0.25, -0.2) is 12.7 Å². The number of carbonyl (C=O) groups is 1. The fraction of sp³-hybridized carbons (Fsp3) is 0.727. The number of carbonyl (C=O) groups excluding carboxylic acids is 1. The van der Waals surface area contributed by atoms with E-state index in [2.05, 4.69) is 6.58 Å². The number of likely N-dealkylation sites (tertiary alicyclic amines) is 1. The first-order valence-electron chi connectivity index (χ1n) is 5.96. The standard InChI is InChI=1S/C11H18N2O3S/c1-2-11(14)12-8-5-10(9-12)17(15,16)13-6-3-4-7-13/h2,10H,1,3-9H2/t10-/m1/s1. The molecule has 0 saturated carbocycles. The molecule has 2 heterocycles. The first-order valence-corrected chi connectivity index (χ1v) is 7.46. The molecular formula is C11H18N2O3S. The van der Waals surface area contributed by atoms with Gasteiger partial charge in [-0.15, -0.1) is 0 Å². The van der Waals surface area contributed by atoms with Crippen molar-refractivity contribution in [1.82, 2.24) is 9.21 Å². The minimum absolute atomic E-state index is 0.177. The molecule has 2 aliphatic rings. The summed E-state index contributed by atoms with van der Waals surface area (Å²) in [6.07, 6.45) is 3.67. The molecule has 5 nitrogen and oxygen atoms in total. The average Bonchev–Trinajstić information content (AvgIpc) is 2.98. The van der Waals surface area contributed by atoms with Gasteiger partial charge in [0.25, 0.3) is 0 Å². The molecule has 0 aromatic heterocycles. The lowest BCUT2D eigenvalue weighted by atomic mass is 10.4. The van der Waals surface area contributed by atoms with Gasteiger partial charge in [0.1, 0.15) is 0 Å². The zero-order valence-corrected chi connectivity index (χ0v) is 10.7. The minimum atomic E-state index is -3.21. The molecule has 2 fully saturated rings. The highest BCUT2D eigenvalue weighted by Crippen LogP contribution is 2.23. The number of hydrogen-bond acceptors (Lipinski definition) is 3. The van der Waals surface area contributed by atoms with Crippen LogP contribution >= 0.6 is 0 Å². The van der Waals surface area contributed by atoms with E-state index in [1.807, 2.05) is 0 Å². The van der Waals surface area contributed by atoms with Gasteiger partial charge in [-0.3, -0.25) is 4.79 Å². The second-order valence-corrected chi connectivity index (χ2v) is 6.76. The molecule has 17 heavy (non-hydrogen) atoms. The number of amides is 1. The number of sulfonamides is 1. The predicted molar refractivity (Wildman–Crippen MR) is 64.9 cm³/mol. The molecule has 0 aliphatic carbocycles. The maximum Gasteiger partial charge on any atom is 0.245 e. The fourth-order valence-corrected chi connectivity index (χ4v) is 4.41. The Hall–Kier alpha value is -0.880. The third kappa shape index (κ3) is 2.37. The Bertz CT molecular complexity index is 412. The lowest BCUT2D eigenvalue weighted by Crippen LogP contribution is -2.39. The van der Waals surface area contributed by atoms with Gasteiger partial charge in [0.2, 0.25) is 15.9 Å². The Balaban J connectivity index is 2.04. The number of hydrogen-bond donors (Lipinski definition) is 0. The van der Waals surface area contributed by atoms with Crippen LogP contribution in [0.1, 0.15) is 19.3 Å². The molecule has 0 aromatic rings. The van der Waals surface area contributed by atoms with Crippen LogP contribution in [0.4, 0.5) is 0 Å². The monoisotopic (exact) mass is 258 g/mol. The minimum Gasteiger partial charge on any atom is -0.338 e. The van der Waals surface area contributed by atoms with Crippen molar-refractivity contribution in [1.29, 1.82) is 0 Å². The summed E-state index contributed by atoms with van der Waals surface area (Å²) in [5.74, 6) is -0.177. The van der Waals surface area contributed by atoms with E-state index in [-0.39, 0.29) is 5.91 Å². The zero-order valence-electron chi connectivity index (χ0n) is 9.84. The van der Waals surface area contributed by atoms with Crippen LogP contribution in [0.2, 0.25) is 0 Å². The van der Waals surface area contributed by atoms with Gasteiger partial charge in [0, 0.05) is 26.2 Å². The van der Waals surface area contributed by atoms with Crippen LogP contribution in [0.15, 0.2) is 12.7 Å². The Morgan fingerprint density at radius 1 is 1.24 bits per heavy atom. The van der Waals surface area contributed by atoms with E-state index >= 15 is 0 Å². The summed E-state index contributed by atoms with van der Waals surface area (Å²) in [5.41, 5.74) is 0. The van der Waals surface area contributed by atoms with Crippen LogP contribution in [0.3, 0.4) is 0 Å². The van der Waals surface area contributed by atoms with Gasteiger partial charge < -0.3 is 4.90 Å². The predicted octanol–water partition coefficient (Wildman–Crippen LogP) is 0.199. The van der Waals surface area contributed by atoms with Crippen molar-refractivity contribution in [3.05, 3.63) is 12.7 Å². The highest BCUT2D eigenvalue weighted by molar-refractivity contribution is 7.89. The maximum atomic E-state index is 12.3. The molecule has 0 radical (unpaired) electrons. The highest BCUT2D eigenvalue weighted by Gasteiger charge is 2.38. The van der Waals surface area contributed by atoms with E-state index in [1.54, 1.807) is 9.21 Å². The molecule has 6 heteroatoms. The Kier molecular flexibility index (Phi) is 3.53. The summed E-state index contributed by atoms with van der Waals surface area (Å²) in [7, 11) is -3.21. The van der Waals surface area contributed by atoms with Crippen molar-refractivity contribution in [2.75, 3.05) is 26.2 Å². The Morgan fingerprint density at radius 3 is 2.47 bits per heavy atom. The average molecular weight is 258 g/mol. The van der Waals surface area contributed by atoms with Gasteiger partial charge in [0.15, 0.2) is 0 Å². The molecule has 2 rings (SSSR count). The lowest BCUT2D eigenvalue weighted by Gasteiger charge is -2.20. The SMILES string of the molecule is C=CC(=O)N1CC[C@@H](S(=O)(=O)N2CCCC2)C1. The van der Waals surface area contributed by atoms with Gasteiger partial charge in [-0.2, -0.15) is 0 Å². The summed E-state index contributed by atoms with van der Waals surface area (Å²) in [6, 6.07) is 0. The Morgan fingerprint density at radius 2 is 1.88 bits per heavy atom. The lowest BCUT2D eigenvalue weighted by molar-refractivity contribution is -0.124. The molecule has 1 amide bonds. The van der Waals surface area contributed by atoms with Crippen LogP contribution in [-0.2, 0) is 14.8 Å². The van der Waals surface area contributed by atoms with Crippen LogP contribution < -0.4 is 0 Å². The molecule has 0 unspecified atom stereocenters. The topological polar surface area (TPSA) is 57.7 Å². The summed E-state index contributed by atoms with van der Waals surface area (Å²) in [5, 5.41) is -0.426. The van der Waals surface area contributed by atoms with Crippen molar-refractivity contribution < 1.29 is 13.2 Å². The molecule has 0 bridgehead atoms. The van der Waals surface area contributed by atoms with Crippen LogP contribution in [0, 0.1) is 0 Å². The highest BCUT2D eigenvalue weighted by atomic mass is 32.2. The molecule has 1 atom stereocenters. The van der Waals surface area contributed by atoms with E-state index in [1.165, 1.54) is 6.08 Å². The van der Waals surface area contributed by atoms with E-state index in [0.29, 0.717) is 32.6 Å². The third-order valence-corrected chi connectivity index (χ3v) is 5.79. The molecule has 2 saturated heterocycles. The smallest absolute Gasteiger partial charge is 0.245 e. The van der Waals surface area contributed by atoms with Crippen LogP contribution in [0.25, 0.3) is 0 Å². The first-order chi connectivity index (χ1) is 8.05. The van der Waals surface area contributed by atoms with Crippen molar-refractivity contribution in [2.45, 2.75) is 24.5 Å². The van der Waals surface area contributed by atoms with Gasteiger partial charge in [-0.05, 0) is 25.3 Å². The number of nitrogens with zero attached hydrogens (tertiary/aromatic N) is 2. The molecule has 0 aromatic carbocycles. The Labute approximate surface area is 102 Å². The largest absolute Gasteiger partial charge is 0.338 e. The van der Waals surface area contributed by atoms with Crippen molar-refractivity contribution in [3.63, 3.8) is 0 Å². The summed E-state index contributed by atoms with van der Waals surface area (Å²) in [4.78, 5) is 13.0. The maximum absolute atomic E-state index is 12.3. The normalized spacial score (nSPS) is 26.4. The number of rotatable bonds is 3. The molecular weight excluding hydrogens is 240 g/mol. The quantitative estimate of drug-likeness (QED) is 0.679. The summed E-state index contributed by atoms with van der Waals surface area (Å²) < 4.78 is 26.1. The van der Waals surface area contributed by atoms with Crippen LogP contribution in [-0.4, -0.2) is 55.0 Å². The van der Waals surface area contributed by atoms with Crippen molar-refractivity contribution in [3.8, 4) is 0 Å². The van der Waals surface area contributed by atoms with Gasteiger partial charge >= 0.3 is 0 Å². The first kappa shape index (κ1) is 12.6. The van der Waals surface area contributed by atoms with E-state index in [9.17, 15) is 13.2 Å².